The summed E-state index contributed by atoms with van der Waals surface area (Å²) in [6.45, 7) is 2.73. The largest absolute Gasteiger partial charge is 0.501 e. The van der Waals surface area contributed by atoms with Gasteiger partial charge in [-0.25, -0.2) is 12.8 Å². The fourth-order valence-electron chi connectivity index (χ4n) is 2.91. The van der Waals surface area contributed by atoms with Crippen molar-refractivity contribution in [3.8, 4) is 0 Å². The van der Waals surface area contributed by atoms with Crippen LogP contribution in [0.25, 0.3) is 0 Å². The molecule has 1 atom stereocenters. The van der Waals surface area contributed by atoms with E-state index >= 15 is 0 Å². The van der Waals surface area contributed by atoms with E-state index in [0.717, 1.165) is 17.7 Å². The molecule has 11 heteroatoms. The van der Waals surface area contributed by atoms with Crippen LogP contribution in [0.1, 0.15) is 5.56 Å². The highest BCUT2D eigenvalue weighted by Gasteiger charge is 2.48. The first-order valence-electron chi connectivity index (χ1n) is 8.04. The van der Waals surface area contributed by atoms with Crippen LogP contribution in [0.15, 0.2) is 35.5 Å². The number of aryl methyl sites for hydroxylation is 1. The van der Waals surface area contributed by atoms with Crippen molar-refractivity contribution < 1.29 is 30.7 Å². The topological polar surface area (TPSA) is 64.4 Å². The lowest BCUT2D eigenvalue weighted by Gasteiger charge is -2.35. The molecular weight excluding hydrogens is 390 g/mol. The van der Waals surface area contributed by atoms with E-state index in [1.165, 1.54) is 4.90 Å². The molecule has 1 fully saturated rings. The van der Waals surface area contributed by atoms with Gasteiger partial charge in [0.2, 0.25) is 0 Å². The highest BCUT2D eigenvalue weighted by Crippen LogP contribution is 2.36. The summed E-state index contributed by atoms with van der Waals surface area (Å²) in [6, 6.07) is 2.39. The van der Waals surface area contributed by atoms with E-state index in [2.05, 4.69) is 5.10 Å². The summed E-state index contributed by atoms with van der Waals surface area (Å²) < 4.78 is 83.5. The molecule has 148 valence electrons. The van der Waals surface area contributed by atoms with Gasteiger partial charge in [0.15, 0.2) is 0 Å². The van der Waals surface area contributed by atoms with Crippen LogP contribution in [0.4, 0.5) is 23.2 Å². The van der Waals surface area contributed by atoms with Crippen molar-refractivity contribution in [1.82, 2.24) is 9.78 Å². The lowest BCUT2D eigenvalue weighted by atomic mass is 10.2. The van der Waals surface area contributed by atoms with Gasteiger partial charge in [0.05, 0.1) is 31.1 Å². The second-order valence-corrected chi connectivity index (χ2v) is 8.15. The van der Waals surface area contributed by atoms with E-state index < -0.39 is 32.2 Å². The molecule has 2 heterocycles. The molecule has 1 aliphatic rings. The van der Waals surface area contributed by atoms with Gasteiger partial charge in [-0.05, 0) is 30.7 Å². The minimum atomic E-state index is -5.69. The number of halogens is 4. The van der Waals surface area contributed by atoms with Crippen molar-refractivity contribution in [2.45, 2.75) is 30.0 Å². The van der Waals surface area contributed by atoms with Crippen LogP contribution >= 0.6 is 0 Å². The highest BCUT2D eigenvalue weighted by molar-refractivity contribution is 7.92. The number of rotatable bonds is 4. The van der Waals surface area contributed by atoms with E-state index in [9.17, 15) is 26.0 Å². The normalized spacial score (nSPS) is 18.7. The summed E-state index contributed by atoms with van der Waals surface area (Å²) in [4.78, 5) is 0.369. The van der Waals surface area contributed by atoms with Gasteiger partial charge < -0.3 is 9.64 Å². The van der Waals surface area contributed by atoms with E-state index in [0.29, 0.717) is 12.6 Å². The molecule has 1 aromatic heterocycles. The van der Waals surface area contributed by atoms with Crippen molar-refractivity contribution in [2.75, 3.05) is 24.6 Å². The number of benzene rings is 1. The Morgan fingerprint density at radius 2 is 2.07 bits per heavy atom. The van der Waals surface area contributed by atoms with Gasteiger partial charge in [0, 0.05) is 19.3 Å². The molecule has 1 unspecified atom stereocenters. The van der Waals surface area contributed by atoms with Crippen LogP contribution < -0.4 is 4.90 Å². The smallest absolute Gasteiger partial charge is 0.373 e. The summed E-state index contributed by atoms with van der Waals surface area (Å²) in [5.41, 5.74) is -4.77. The van der Waals surface area contributed by atoms with Gasteiger partial charge in [-0.1, -0.05) is 0 Å². The first-order valence-corrected chi connectivity index (χ1v) is 9.53. The molecule has 1 aliphatic heterocycles. The molecule has 0 amide bonds. The molecule has 2 aromatic rings. The third-order valence-electron chi connectivity index (χ3n) is 4.15. The maximum absolute atomic E-state index is 13.5. The number of nitrogens with zero attached hydrogens (tertiary/aromatic N) is 3. The van der Waals surface area contributed by atoms with Crippen LogP contribution in [0, 0.1) is 12.7 Å². The Kier molecular flexibility index (Phi) is 5.17. The van der Waals surface area contributed by atoms with Gasteiger partial charge in [-0.15, -0.1) is 0 Å². The molecule has 1 saturated heterocycles. The Morgan fingerprint density at radius 1 is 1.33 bits per heavy atom. The Morgan fingerprint density at radius 3 is 2.70 bits per heavy atom. The van der Waals surface area contributed by atoms with Crippen molar-refractivity contribution in [3.63, 3.8) is 0 Å². The predicted molar refractivity (Wildman–Crippen MR) is 88.6 cm³/mol. The van der Waals surface area contributed by atoms with Crippen LogP contribution in [-0.4, -0.2) is 49.5 Å². The van der Waals surface area contributed by atoms with Gasteiger partial charge >= 0.3 is 5.51 Å². The van der Waals surface area contributed by atoms with Crippen LogP contribution in [-0.2, 0) is 21.1 Å². The zero-order valence-electron chi connectivity index (χ0n) is 14.3. The molecule has 6 nitrogen and oxygen atoms in total. The number of hydrogen-bond donors (Lipinski definition) is 0. The van der Waals surface area contributed by atoms with Crippen molar-refractivity contribution in [3.05, 3.63) is 42.0 Å². The molecule has 3 rings (SSSR count). The summed E-state index contributed by atoms with van der Waals surface area (Å²) >= 11 is 0. The Labute approximate surface area is 153 Å². The molecular formula is C16H17F4N3O3S. The van der Waals surface area contributed by atoms with E-state index in [4.69, 9.17) is 4.74 Å². The molecule has 0 N–H and O–H groups in total. The number of alkyl halides is 3. The molecule has 0 spiro atoms. The lowest BCUT2D eigenvalue weighted by molar-refractivity contribution is -0.0436. The van der Waals surface area contributed by atoms with Gasteiger partial charge in [0.25, 0.3) is 9.84 Å². The average Bonchev–Trinajstić information content (AvgIpc) is 2.99. The molecule has 1 aromatic carbocycles. The monoisotopic (exact) mass is 407 g/mol. The summed E-state index contributed by atoms with van der Waals surface area (Å²) in [6.07, 6.45) is 3.04. The predicted octanol–water partition coefficient (Wildman–Crippen LogP) is 2.53. The van der Waals surface area contributed by atoms with Gasteiger partial charge in [-0.3, -0.25) is 4.68 Å². The van der Waals surface area contributed by atoms with Gasteiger partial charge in [0.1, 0.15) is 10.7 Å². The maximum Gasteiger partial charge on any atom is 0.501 e. The number of ether oxygens (including phenoxy) is 1. The minimum Gasteiger partial charge on any atom is -0.373 e. The molecule has 0 radical (unpaired) electrons. The fraction of sp³-hybridized carbons (Fsp3) is 0.438. The number of hydrogen-bond acceptors (Lipinski definition) is 5. The Balaban J connectivity index is 1.89. The molecule has 0 aliphatic carbocycles. The molecule has 0 saturated carbocycles. The summed E-state index contributed by atoms with van der Waals surface area (Å²) in [5, 5.41) is 4.13. The molecule has 0 bridgehead atoms. The lowest BCUT2D eigenvalue weighted by Crippen LogP contribution is -2.45. The highest BCUT2D eigenvalue weighted by atomic mass is 32.2. The average molecular weight is 407 g/mol. The second-order valence-electron chi connectivity index (χ2n) is 6.24. The minimum absolute atomic E-state index is 0.144. The first kappa shape index (κ1) is 19.6. The summed E-state index contributed by atoms with van der Waals surface area (Å²) in [7, 11) is -5.69. The van der Waals surface area contributed by atoms with Crippen LogP contribution in [0.2, 0.25) is 0 Å². The number of morpholine rings is 1. The van der Waals surface area contributed by atoms with E-state index in [1.54, 1.807) is 17.1 Å². The van der Waals surface area contributed by atoms with Crippen molar-refractivity contribution >= 4 is 15.5 Å². The van der Waals surface area contributed by atoms with E-state index in [1.807, 2.05) is 6.92 Å². The quantitative estimate of drug-likeness (QED) is 0.729. The van der Waals surface area contributed by atoms with Gasteiger partial charge in [-0.2, -0.15) is 18.3 Å². The standard InChI is InChI=1S/C16H17F4N3O3S/c1-11-7-21-23(8-11)10-13-9-22(4-5-26-13)14-3-2-12(17)6-15(14)27(24,25)16(18,19)20/h2-3,6-8,13H,4-5,9-10H2,1H3. The maximum atomic E-state index is 13.5. The zero-order chi connectivity index (χ0) is 19.8. The van der Waals surface area contributed by atoms with Crippen molar-refractivity contribution in [2.24, 2.45) is 0 Å². The third-order valence-corrected chi connectivity index (χ3v) is 5.66. The SMILES string of the molecule is Cc1cnn(CC2CN(c3ccc(F)cc3S(=O)(=O)C(F)(F)F)CCO2)c1. The number of sulfone groups is 1. The second kappa shape index (κ2) is 7.12. The van der Waals surface area contributed by atoms with E-state index in [-0.39, 0.29) is 25.4 Å². The zero-order valence-corrected chi connectivity index (χ0v) is 15.1. The van der Waals surface area contributed by atoms with Crippen LogP contribution in [0.5, 0.6) is 0 Å². The number of anilines is 1. The van der Waals surface area contributed by atoms with Crippen molar-refractivity contribution in [1.29, 1.82) is 0 Å². The molecule has 27 heavy (non-hydrogen) atoms. The number of aromatic nitrogens is 2. The third kappa shape index (κ3) is 4.08. The first-order chi connectivity index (χ1) is 12.6. The Hall–Kier alpha value is -2.14. The fourth-order valence-corrected chi connectivity index (χ4v) is 3.90. The van der Waals surface area contributed by atoms with Crippen LogP contribution in [0.3, 0.4) is 0 Å². The summed E-state index contributed by atoms with van der Waals surface area (Å²) in [5.74, 6) is -1.06. The Bertz CT molecular complexity index is 927.